The lowest BCUT2D eigenvalue weighted by molar-refractivity contribution is -0.0579. The summed E-state index contributed by atoms with van der Waals surface area (Å²) in [4.78, 5) is 24.5. The molecule has 0 bridgehead atoms. The SMILES string of the molecule is CCn1c(=O)c2c(c3cc(Nc4nc(N5CCC[C@@H](C)C5)ncc4Cl)ccc31)N[C@@H](C1CC1)C(F)(F)CO2. The minimum absolute atomic E-state index is 0.0686. The lowest BCUT2D eigenvalue weighted by Crippen LogP contribution is -2.44. The van der Waals surface area contributed by atoms with Crippen molar-refractivity contribution < 1.29 is 13.5 Å². The van der Waals surface area contributed by atoms with Crippen LogP contribution in [0.5, 0.6) is 5.75 Å². The highest BCUT2D eigenvalue weighted by Gasteiger charge is 2.51. The number of nitrogens with zero attached hydrogens (tertiary/aromatic N) is 4. The minimum Gasteiger partial charge on any atom is -0.480 e. The number of alkyl halides is 2. The molecule has 2 aromatic heterocycles. The quantitative estimate of drug-likeness (QED) is 0.428. The molecule has 38 heavy (non-hydrogen) atoms. The van der Waals surface area contributed by atoms with Crippen LogP contribution in [0.2, 0.25) is 5.02 Å². The van der Waals surface area contributed by atoms with Crippen LogP contribution in [0.1, 0.15) is 39.5 Å². The van der Waals surface area contributed by atoms with Gasteiger partial charge in [0.15, 0.2) is 12.4 Å². The van der Waals surface area contributed by atoms with E-state index in [0.29, 0.717) is 51.5 Å². The Morgan fingerprint density at radius 2 is 2.11 bits per heavy atom. The zero-order chi connectivity index (χ0) is 26.6. The van der Waals surface area contributed by atoms with Crippen molar-refractivity contribution >= 4 is 45.6 Å². The number of piperidine rings is 1. The molecule has 2 fully saturated rings. The van der Waals surface area contributed by atoms with E-state index in [-0.39, 0.29) is 11.7 Å². The van der Waals surface area contributed by atoms with Crippen molar-refractivity contribution in [3.63, 3.8) is 0 Å². The van der Waals surface area contributed by atoms with Gasteiger partial charge in [-0.2, -0.15) is 4.98 Å². The van der Waals surface area contributed by atoms with Crippen LogP contribution in [0, 0.1) is 11.8 Å². The molecule has 2 atom stereocenters. The summed E-state index contributed by atoms with van der Waals surface area (Å²) in [5.74, 6) is -1.68. The molecule has 1 saturated heterocycles. The molecule has 6 rings (SSSR count). The predicted molar refractivity (Wildman–Crippen MR) is 145 cm³/mol. The molecule has 1 aliphatic carbocycles. The van der Waals surface area contributed by atoms with E-state index in [1.54, 1.807) is 10.8 Å². The topological polar surface area (TPSA) is 84.3 Å². The first-order valence-electron chi connectivity index (χ1n) is 13.3. The molecule has 1 saturated carbocycles. The molecule has 3 aliphatic rings. The van der Waals surface area contributed by atoms with Gasteiger partial charge in [-0.05, 0) is 62.6 Å². The Kier molecular flexibility index (Phi) is 6.32. The van der Waals surface area contributed by atoms with Crippen molar-refractivity contribution in [1.29, 1.82) is 0 Å². The van der Waals surface area contributed by atoms with Crippen LogP contribution in [-0.2, 0) is 6.54 Å². The van der Waals surface area contributed by atoms with E-state index in [2.05, 4.69) is 27.4 Å². The van der Waals surface area contributed by atoms with Gasteiger partial charge in [-0.15, -0.1) is 0 Å². The Labute approximate surface area is 224 Å². The normalized spacial score (nSPS) is 22.8. The van der Waals surface area contributed by atoms with Crippen LogP contribution in [0.4, 0.5) is 31.9 Å². The Hall–Kier alpha value is -3.14. The van der Waals surface area contributed by atoms with Crippen LogP contribution in [0.3, 0.4) is 0 Å². The molecule has 0 unspecified atom stereocenters. The molecule has 0 amide bonds. The number of ether oxygens (including phenoxy) is 1. The third-order valence-electron chi connectivity index (χ3n) is 7.73. The second-order valence-corrected chi connectivity index (χ2v) is 11.1. The molecule has 4 heterocycles. The summed E-state index contributed by atoms with van der Waals surface area (Å²) in [6, 6.07) is 4.37. The molecular formula is C27H31ClF2N6O2. The maximum absolute atomic E-state index is 15.0. The highest BCUT2D eigenvalue weighted by Crippen LogP contribution is 2.45. The van der Waals surface area contributed by atoms with Crippen molar-refractivity contribution in [2.75, 3.05) is 35.2 Å². The van der Waals surface area contributed by atoms with E-state index >= 15 is 0 Å². The van der Waals surface area contributed by atoms with Crippen molar-refractivity contribution in [2.45, 2.75) is 58.0 Å². The number of rotatable bonds is 5. The highest BCUT2D eigenvalue weighted by atomic mass is 35.5. The Morgan fingerprint density at radius 3 is 2.84 bits per heavy atom. The van der Waals surface area contributed by atoms with Gasteiger partial charge in [0.05, 0.1) is 23.4 Å². The van der Waals surface area contributed by atoms with Crippen molar-refractivity contribution in [1.82, 2.24) is 14.5 Å². The highest BCUT2D eigenvalue weighted by molar-refractivity contribution is 6.32. The van der Waals surface area contributed by atoms with Gasteiger partial charge in [-0.25, -0.2) is 13.8 Å². The summed E-state index contributed by atoms with van der Waals surface area (Å²) in [5, 5.41) is 7.29. The number of aromatic nitrogens is 3. The van der Waals surface area contributed by atoms with Gasteiger partial charge < -0.3 is 24.8 Å². The fourth-order valence-electron chi connectivity index (χ4n) is 5.62. The van der Waals surface area contributed by atoms with Crippen LogP contribution < -0.4 is 25.8 Å². The third kappa shape index (κ3) is 4.52. The van der Waals surface area contributed by atoms with Crippen LogP contribution in [0.25, 0.3) is 10.9 Å². The van der Waals surface area contributed by atoms with Crippen molar-refractivity contribution in [3.05, 3.63) is 39.8 Å². The standard InChI is InChI=1S/C27H31ClF2N6O2/c1-3-36-20-9-8-17(32-24-19(28)12-31-26(34-24)35-10-4-5-15(2)13-35)11-18(20)21-22(25(36)37)38-14-27(29,30)23(33-21)16-6-7-16/h8-9,11-12,15-16,23,33H,3-7,10,13-14H2,1-2H3,(H,31,32,34)/t15-,23+/m1/s1. The van der Waals surface area contributed by atoms with Gasteiger partial charge in [0.2, 0.25) is 11.7 Å². The fourth-order valence-corrected chi connectivity index (χ4v) is 5.76. The molecule has 1 aromatic carbocycles. The van der Waals surface area contributed by atoms with E-state index in [4.69, 9.17) is 21.3 Å². The number of hydrogen-bond acceptors (Lipinski definition) is 7. The number of anilines is 4. The summed E-state index contributed by atoms with van der Waals surface area (Å²) in [7, 11) is 0. The number of aryl methyl sites for hydroxylation is 1. The van der Waals surface area contributed by atoms with Gasteiger partial charge in [-0.3, -0.25) is 4.79 Å². The summed E-state index contributed by atoms with van der Waals surface area (Å²) < 4.78 is 37.0. The first-order chi connectivity index (χ1) is 18.2. The molecule has 2 N–H and O–H groups in total. The zero-order valence-corrected chi connectivity index (χ0v) is 22.2. The maximum atomic E-state index is 15.0. The van der Waals surface area contributed by atoms with Gasteiger partial charge in [0.25, 0.3) is 5.56 Å². The summed E-state index contributed by atoms with van der Waals surface area (Å²) in [5.41, 5.74) is 1.17. The number of fused-ring (bicyclic) bond motifs is 3. The Bertz CT molecular complexity index is 1440. The average molecular weight is 545 g/mol. The lowest BCUT2D eigenvalue weighted by Gasteiger charge is -2.31. The molecule has 0 radical (unpaired) electrons. The molecular weight excluding hydrogens is 514 g/mol. The van der Waals surface area contributed by atoms with E-state index in [9.17, 15) is 13.6 Å². The fraction of sp³-hybridized carbons (Fsp3) is 0.519. The molecule has 0 spiro atoms. The van der Waals surface area contributed by atoms with Crippen molar-refractivity contribution in [3.8, 4) is 5.75 Å². The molecule has 2 aliphatic heterocycles. The Balaban J connectivity index is 1.41. The average Bonchev–Trinajstić information content (AvgIpc) is 3.73. The van der Waals surface area contributed by atoms with Crippen LogP contribution in [-0.4, -0.2) is 46.2 Å². The van der Waals surface area contributed by atoms with Crippen LogP contribution in [0.15, 0.2) is 29.2 Å². The van der Waals surface area contributed by atoms with Crippen LogP contribution >= 0.6 is 11.6 Å². The molecule has 3 aromatic rings. The zero-order valence-electron chi connectivity index (χ0n) is 21.4. The molecule has 202 valence electrons. The van der Waals surface area contributed by atoms with E-state index in [1.165, 1.54) is 6.42 Å². The lowest BCUT2D eigenvalue weighted by atomic mass is 10.0. The summed E-state index contributed by atoms with van der Waals surface area (Å²) in [6.45, 7) is 5.38. The molecule has 11 heteroatoms. The second kappa shape index (κ2) is 9.55. The first kappa shape index (κ1) is 25.2. The van der Waals surface area contributed by atoms with E-state index in [0.717, 1.165) is 32.4 Å². The molecule has 8 nitrogen and oxygen atoms in total. The largest absolute Gasteiger partial charge is 0.480 e. The smallest absolute Gasteiger partial charge is 0.301 e. The summed E-state index contributed by atoms with van der Waals surface area (Å²) in [6.07, 6.45) is 5.31. The minimum atomic E-state index is -3.09. The number of hydrogen-bond donors (Lipinski definition) is 2. The van der Waals surface area contributed by atoms with Crippen molar-refractivity contribution in [2.24, 2.45) is 11.8 Å². The summed E-state index contributed by atoms with van der Waals surface area (Å²) >= 11 is 6.46. The number of pyridine rings is 1. The maximum Gasteiger partial charge on any atom is 0.301 e. The number of halogens is 3. The van der Waals surface area contributed by atoms with Gasteiger partial charge in [-0.1, -0.05) is 18.5 Å². The van der Waals surface area contributed by atoms with E-state index in [1.807, 2.05) is 25.1 Å². The van der Waals surface area contributed by atoms with E-state index < -0.39 is 24.1 Å². The number of benzene rings is 1. The number of nitrogens with one attached hydrogen (secondary N) is 2. The second-order valence-electron chi connectivity index (χ2n) is 10.7. The Morgan fingerprint density at radius 1 is 1.29 bits per heavy atom. The van der Waals surface area contributed by atoms with Gasteiger partial charge >= 0.3 is 5.92 Å². The predicted octanol–water partition coefficient (Wildman–Crippen LogP) is 5.66. The third-order valence-corrected chi connectivity index (χ3v) is 8.01. The first-order valence-corrected chi connectivity index (χ1v) is 13.6. The van der Waals surface area contributed by atoms with Gasteiger partial charge in [0, 0.05) is 30.7 Å². The monoisotopic (exact) mass is 544 g/mol. The van der Waals surface area contributed by atoms with Gasteiger partial charge in [0.1, 0.15) is 5.02 Å².